The highest BCUT2D eigenvalue weighted by molar-refractivity contribution is 5.66. The zero-order chi connectivity index (χ0) is 22.9. The number of halogens is 3. The van der Waals surface area contributed by atoms with Crippen molar-refractivity contribution in [3.63, 3.8) is 0 Å². The summed E-state index contributed by atoms with van der Waals surface area (Å²) in [7, 11) is 0. The Kier molecular flexibility index (Phi) is 9.46. The minimum Gasteiger partial charge on any atom is -0.494 e. The number of rotatable bonds is 11. The first-order chi connectivity index (χ1) is 15.5. The van der Waals surface area contributed by atoms with Crippen molar-refractivity contribution >= 4 is 0 Å². The maximum atomic E-state index is 15.0. The zero-order valence-corrected chi connectivity index (χ0v) is 19.3. The fourth-order valence-corrected chi connectivity index (χ4v) is 4.37. The molecule has 0 saturated carbocycles. The Balaban J connectivity index is 1.63. The molecule has 0 bridgehead atoms. The molecule has 0 aliphatic carbocycles. The van der Waals surface area contributed by atoms with Crippen LogP contribution in [0.25, 0.3) is 11.1 Å². The summed E-state index contributed by atoms with van der Waals surface area (Å²) in [6, 6.07) is 7.28. The summed E-state index contributed by atoms with van der Waals surface area (Å²) in [6.45, 7) is 5.03. The van der Waals surface area contributed by atoms with Crippen LogP contribution < -0.4 is 4.74 Å². The minimum atomic E-state index is -1.01. The predicted octanol–water partition coefficient (Wildman–Crippen LogP) is 8.18. The van der Waals surface area contributed by atoms with E-state index in [2.05, 4.69) is 6.92 Å². The summed E-state index contributed by atoms with van der Waals surface area (Å²) >= 11 is 0. The average molecular weight is 449 g/mol. The van der Waals surface area contributed by atoms with Gasteiger partial charge in [-0.05, 0) is 43.4 Å². The molecule has 2 nitrogen and oxygen atoms in total. The van der Waals surface area contributed by atoms with Crippen LogP contribution in [0.15, 0.2) is 30.3 Å². The second-order valence-electron chi connectivity index (χ2n) is 8.75. The van der Waals surface area contributed by atoms with Gasteiger partial charge in [0.2, 0.25) is 0 Å². The molecular weight excluding hydrogens is 413 g/mol. The number of unbranched alkanes of at least 4 members (excludes halogenated alkanes) is 4. The third-order valence-corrected chi connectivity index (χ3v) is 6.26. The van der Waals surface area contributed by atoms with E-state index in [4.69, 9.17) is 9.47 Å². The molecule has 1 heterocycles. The van der Waals surface area contributed by atoms with Gasteiger partial charge in [0.05, 0.1) is 19.3 Å². The second-order valence-corrected chi connectivity index (χ2v) is 8.75. The first kappa shape index (κ1) is 24.6. The monoisotopic (exact) mass is 448 g/mol. The van der Waals surface area contributed by atoms with Crippen molar-refractivity contribution in [2.75, 3.05) is 13.2 Å². The Labute approximate surface area is 190 Å². The van der Waals surface area contributed by atoms with Gasteiger partial charge >= 0.3 is 0 Å². The fourth-order valence-electron chi connectivity index (χ4n) is 4.37. The van der Waals surface area contributed by atoms with Gasteiger partial charge in [-0.1, -0.05) is 58.1 Å². The third-order valence-electron chi connectivity index (χ3n) is 6.26. The lowest BCUT2D eigenvalue weighted by Gasteiger charge is -2.30. The van der Waals surface area contributed by atoms with E-state index in [-0.39, 0.29) is 23.1 Å². The Morgan fingerprint density at radius 1 is 0.875 bits per heavy atom. The van der Waals surface area contributed by atoms with Crippen LogP contribution in [-0.4, -0.2) is 19.3 Å². The largest absolute Gasteiger partial charge is 0.494 e. The maximum Gasteiger partial charge on any atom is 0.167 e. The van der Waals surface area contributed by atoms with Crippen molar-refractivity contribution in [1.29, 1.82) is 0 Å². The number of hydrogen-bond donors (Lipinski definition) is 0. The van der Waals surface area contributed by atoms with Crippen molar-refractivity contribution < 1.29 is 22.6 Å². The molecule has 1 aliphatic heterocycles. The molecule has 1 saturated heterocycles. The van der Waals surface area contributed by atoms with E-state index in [1.165, 1.54) is 43.9 Å². The van der Waals surface area contributed by atoms with Crippen molar-refractivity contribution in [3.05, 3.63) is 53.3 Å². The van der Waals surface area contributed by atoms with Crippen LogP contribution in [-0.2, 0) is 4.74 Å². The van der Waals surface area contributed by atoms with E-state index in [9.17, 15) is 13.2 Å². The van der Waals surface area contributed by atoms with Crippen LogP contribution in [0, 0.1) is 17.5 Å². The molecule has 5 heteroatoms. The van der Waals surface area contributed by atoms with E-state index in [0.717, 1.165) is 32.1 Å². The molecule has 1 fully saturated rings. The van der Waals surface area contributed by atoms with Crippen LogP contribution in [0.4, 0.5) is 13.2 Å². The number of ether oxygens (including phenoxy) is 2. The van der Waals surface area contributed by atoms with E-state index in [1.807, 2.05) is 6.92 Å². The van der Waals surface area contributed by atoms with Gasteiger partial charge in [-0.3, -0.25) is 0 Å². The minimum absolute atomic E-state index is 0.0276. The molecule has 0 N–H and O–H groups in total. The number of hydrogen-bond acceptors (Lipinski definition) is 2. The standard InChI is InChI=1S/C27H35F3O2/c1-3-5-6-7-8-9-20-11-10-19(18-32-20)22-14-15-24(27(30)26(22)29)23-13-12-21(17-25(23)28)31-16-4-2/h12-15,17,19-20H,3-11,16,18H2,1-2H3. The van der Waals surface area contributed by atoms with Crippen LogP contribution in [0.2, 0.25) is 0 Å². The first-order valence-corrected chi connectivity index (χ1v) is 12.1. The smallest absolute Gasteiger partial charge is 0.167 e. The Morgan fingerprint density at radius 2 is 1.66 bits per heavy atom. The maximum absolute atomic E-state index is 15.0. The Morgan fingerprint density at radius 3 is 2.34 bits per heavy atom. The highest BCUT2D eigenvalue weighted by atomic mass is 19.2. The average Bonchev–Trinajstić information content (AvgIpc) is 2.80. The van der Waals surface area contributed by atoms with Gasteiger partial charge in [-0.15, -0.1) is 0 Å². The molecule has 3 rings (SSSR count). The van der Waals surface area contributed by atoms with E-state index < -0.39 is 17.5 Å². The zero-order valence-electron chi connectivity index (χ0n) is 19.3. The molecular formula is C27H35F3O2. The molecule has 2 unspecified atom stereocenters. The van der Waals surface area contributed by atoms with E-state index >= 15 is 0 Å². The molecule has 1 aliphatic rings. The van der Waals surface area contributed by atoms with Gasteiger partial charge in [-0.25, -0.2) is 13.2 Å². The summed E-state index contributed by atoms with van der Waals surface area (Å²) in [5, 5.41) is 0. The highest BCUT2D eigenvalue weighted by Crippen LogP contribution is 2.36. The van der Waals surface area contributed by atoms with Crippen LogP contribution in [0.3, 0.4) is 0 Å². The van der Waals surface area contributed by atoms with Gasteiger partial charge in [0, 0.05) is 23.1 Å². The molecule has 2 aromatic rings. The van der Waals surface area contributed by atoms with Gasteiger partial charge in [0.15, 0.2) is 11.6 Å². The van der Waals surface area contributed by atoms with Crippen molar-refractivity contribution in [2.24, 2.45) is 0 Å². The lowest BCUT2D eigenvalue weighted by molar-refractivity contribution is -0.00283. The number of benzene rings is 2. The van der Waals surface area contributed by atoms with Crippen LogP contribution >= 0.6 is 0 Å². The van der Waals surface area contributed by atoms with Crippen molar-refractivity contribution in [3.8, 4) is 16.9 Å². The summed E-state index contributed by atoms with van der Waals surface area (Å²) < 4.78 is 55.8. The molecule has 2 aromatic carbocycles. The summed E-state index contributed by atoms with van der Waals surface area (Å²) in [4.78, 5) is 0. The molecule has 0 radical (unpaired) electrons. The van der Waals surface area contributed by atoms with Crippen molar-refractivity contribution in [2.45, 2.75) is 83.7 Å². The molecule has 0 aromatic heterocycles. The van der Waals surface area contributed by atoms with E-state index in [0.29, 0.717) is 24.5 Å². The topological polar surface area (TPSA) is 18.5 Å². The SMILES string of the molecule is CCCCCCCC1CCC(c2ccc(-c3ccc(OCCC)cc3F)c(F)c2F)CO1. The molecule has 0 amide bonds. The molecule has 32 heavy (non-hydrogen) atoms. The lowest BCUT2D eigenvalue weighted by Crippen LogP contribution is -2.25. The van der Waals surface area contributed by atoms with Crippen LogP contribution in [0.5, 0.6) is 5.75 Å². The summed E-state index contributed by atoms with van der Waals surface area (Å²) in [6.07, 6.45) is 9.81. The summed E-state index contributed by atoms with van der Waals surface area (Å²) in [5.74, 6) is -2.34. The molecule has 176 valence electrons. The third kappa shape index (κ3) is 6.28. The quantitative estimate of drug-likeness (QED) is 0.323. The fraction of sp³-hybridized carbons (Fsp3) is 0.556. The summed E-state index contributed by atoms with van der Waals surface area (Å²) in [5.41, 5.74) is 0.267. The first-order valence-electron chi connectivity index (χ1n) is 12.1. The normalized spacial score (nSPS) is 18.7. The van der Waals surface area contributed by atoms with Crippen LogP contribution in [0.1, 0.15) is 83.1 Å². The lowest BCUT2D eigenvalue weighted by atomic mass is 9.88. The Hall–Kier alpha value is -2.01. The van der Waals surface area contributed by atoms with E-state index in [1.54, 1.807) is 12.1 Å². The van der Waals surface area contributed by atoms with Gasteiger partial charge in [-0.2, -0.15) is 0 Å². The molecule has 0 spiro atoms. The molecule has 2 atom stereocenters. The Bertz CT molecular complexity index is 860. The van der Waals surface area contributed by atoms with Crippen molar-refractivity contribution in [1.82, 2.24) is 0 Å². The van der Waals surface area contributed by atoms with Gasteiger partial charge in [0.1, 0.15) is 11.6 Å². The predicted molar refractivity (Wildman–Crippen MR) is 123 cm³/mol. The van der Waals surface area contributed by atoms with Gasteiger partial charge < -0.3 is 9.47 Å². The van der Waals surface area contributed by atoms with Gasteiger partial charge in [0.25, 0.3) is 0 Å². The second kappa shape index (κ2) is 12.3. The highest BCUT2D eigenvalue weighted by Gasteiger charge is 2.27.